The van der Waals surface area contributed by atoms with Crippen LogP contribution in [0.1, 0.15) is 0 Å². The zero-order valence-corrected chi connectivity index (χ0v) is 12.8. The maximum absolute atomic E-state index is 14.0. The molecule has 0 aliphatic rings. The first-order chi connectivity index (χ1) is 9.47. The maximum atomic E-state index is 14.0. The highest BCUT2D eigenvalue weighted by atomic mass is 79.9. The third-order valence-electron chi connectivity index (χ3n) is 2.70. The Hall–Kier alpha value is -1.31. The van der Waals surface area contributed by atoms with Crippen molar-refractivity contribution in [3.8, 4) is 5.69 Å². The van der Waals surface area contributed by atoms with Crippen LogP contribution in [-0.4, -0.2) is 14.5 Å². The molecular weight excluding hydrogens is 372 g/mol. The zero-order valence-electron chi connectivity index (χ0n) is 9.62. The average molecular weight is 377 g/mol. The summed E-state index contributed by atoms with van der Waals surface area (Å²) in [6.45, 7) is 0. The van der Waals surface area contributed by atoms with Crippen LogP contribution in [0.2, 0.25) is 5.02 Å². The standard InChI is InChI=1S/C12H5BrClF2N3S/c13-5-1-9-11(17-4-5)19(12(20)18-9)10-7(14)2-6(15)3-8(10)16/h1-4H,(H,18,20). The molecule has 0 amide bonds. The summed E-state index contributed by atoms with van der Waals surface area (Å²) < 4.78 is 29.5. The monoisotopic (exact) mass is 375 g/mol. The van der Waals surface area contributed by atoms with E-state index in [1.54, 1.807) is 12.3 Å². The second kappa shape index (κ2) is 4.91. The predicted molar refractivity (Wildman–Crippen MR) is 78.9 cm³/mol. The third kappa shape index (κ3) is 2.15. The summed E-state index contributed by atoms with van der Waals surface area (Å²) >= 11 is 14.4. The van der Waals surface area contributed by atoms with E-state index >= 15 is 0 Å². The number of aromatic amines is 1. The lowest BCUT2D eigenvalue weighted by atomic mass is 10.3. The van der Waals surface area contributed by atoms with Gasteiger partial charge in [0.1, 0.15) is 11.5 Å². The molecule has 1 aromatic carbocycles. The van der Waals surface area contributed by atoms with E-state index in [1.807, 2.05) is 0 Å². The molecule has 3 rings (SSSR count). The number of halogens is 4. The van der Waals surface area contributed by atoms with Gasteiger partial charge in [-0.2, -0.15) is 0 Å². The van der Waals surface area contributed by atoms with Gasteiger partial charge in [0.25, 0.3) is 0 Å². The first kappa shape index (κ1) is 13.7. The van der Waals surface area contributed by atoms with Crippen LogP contribution in [0.5, 0.6) is 0 Å². The second-order valence-electron chi connectivity index (χ2n) is 4.01. The Kier molecular flexibility index (Phi) is 3.35. The van der Waals surface area contributed by atoms with Crippen molar-refractivity contribution in [3.05, 3.63) is 50.3 Å². The van der Waals surface area contributed by atoms with E-state index in [0.29, 0.717) is 11.2 Å². The molecule has 0 unspecified atom stereocenters. The fourth-order valence-electron chi connectivity index (χ4n) is 1.93. The molecule has 102 valence electrons. The van der Waals surface area contributed by atoms with Gasteiger partial charge in [0.05, 0.1) is 10.5 Å². The first-order valence-corrected chi connectivity index (χ1v) is 6.96. The van der Waals surface area contributed by atoms with Crippen LogP contribution in [-0.2, 0) is 0 Å². The van der Waals surface area contributed by atoms with Gasteiger partial charge in [-0.1, -0.05) is 11.6 Å². The van der Waals surface area contributed by atoms with E-state index in [2.05, 4.69) is 25.9 Å². The number of nitrogens with zero attached hydrogens (tertiary/aromatic N) is 2. The SMILES string of the molecule is Fc1cc(F)c(-n2c(=S)[nH]c3cc(Br)cnc32)c(Cl)c1. The Balaban J connectivity index is 2.41. The van der Waals surface area contributed by atoms with Crippen LogP contribution in [0, 0.1) is 16.4 Å². The average Bonchev–Trinajstić information content (AvgIpc) is 2.64. The van der Waals surface area contributed by atoms with Gasteiger partial charge in [0.15, 0.2) is 16.2 Å². The van der Waals surface area contributed by atoms with Crippen LogP contribution < -0.4 is 0 Å². The molecule has 0 saturated carbocycles. The Bertz CT molecular complexity index is 867. The van der Waals surface area contributed by atoms with Crippen molar-refractivity contribution in [2.75, 3.05) is 0 Å². The van der Waals surface area contributed by atoms with Crippen molar-refractivity contribution in [1.82, 2.24) is 14.5 Å². The van der Waals surface area contributed by atoms with Crippen molar-refractivity contribution in [2.24, 2.45) is 0 Å². The molecule has 2 heterocycles. The highest BCUT2D eigenvalue weighted by Crippen LogP contribution is 2.28. The number of benzene rings is 1. The van der Waals surface area contributed by atoms with E-state index < -0.39 is 11.6 Å². The second-order valence-corrected chi connectivity index (χ2v) is 5.72. The lowest BCUT2D eigenvalue weighted by Gasteiger charge is -2.08. The molecule has 0 saturated heterocycles. The smallest absolute Gasteiger partial charge is 0.184 e. The lowest BCUT2D eigenvalue weighted by molar-refractivity contribution is 0.578. The summed E-state index contributed by atoms with van der Waals surface area (Å²) in [5, 5.41) is -0.0794. The van der Waals surface area contributed by atoms with Gasteiger partial charge in [-0.05, 0) is 40.3 Å². The number of aromatic nitrogens is 3. The minimum atomic E-state index is -0.809. The molecule has 1 N–H and O–H groups in total. The number of nitrogens with one attached hydrogen (secondary N) is 1. The molecule has 0 spiro atoms. The molecule has 0 aliphatic heterocycles. The topological polar surface area (TPSA) is 33.6 Å². The van der Waals surface area contributed by atoms with Gasteiger partial charge in [0, 0.05) is 16.7 Å². The van der Waals surface area contributed by atoms with Gasteiger partial charge in [0.2, 0.25) is 0 Å². The van der Waals surface area contributed by atoms with Gasteiger partial charge in [-0.25, -0.2) is 13.8 Å². The van der Waals surface area contributed by atoms with Crippen molar-refractivity contribution >= 4 is 50.9 Å². The van der Waals surface area contributed by atoms with E-state index in [1.165, 1.54) is 4.57 Å². The summed E-state index contributed by atoms with van der Waals surface area (Å²) in [5.41, 5.74) is 0.994. The first-order valence-electron chi connectivity index (χ1n) is 5.38. The van der Waals surface area contributed by atoms with Crippen LogP contribution in [0.4, 0.5) is 8.78 Å². The number of imidazole rings is 1. The van der Waals surface area contributed by atoms with Gasteiger partial charge >= 0.3 is 0 Å². The van der Waals surface area contributed by atoms with Crippen LogP contribution in [0.15, 0.2) is 28.9 Å². The number of hydrogen-bond acceptors (Lipinski definition) is 2. The van der Waals surface area contributed by atoms with Crippen molar-refractivity contribution < 1.29 is 8.78 Å². The molecule has 0 bridgehead atoms. The van der Waals surface area contributed by atoms with Crippen LogP contribution in [0.3, 0.4) is 0 Å². The summed E-state index contributed by atoms with van der Waals surface area (Å²) in [5.74, 6) is -1.56. The number of hydrogen-bond donors (Lipinski definition) is 1. The van der Waals surface area contributed by atoms with Crippen LogP contribution in [0.25, 0.3) is 16.9 Å². The largest absolute Gasteiger partial charge is 0.329 e. The van der Waals surface area contributed by atoms with E-state index in [0.717, 1.165) is 16.6 Å². The quantitative estimate of drug-likeness (QED) is 0.620. The van der Waals surface area contributed by atoms with Gasteiger partial charge < -0.3 is 4.98 Å². The summed E-state index contributed by atoms with van der Waals surface area (Å²) in [4.78, 5) is 7.08. The Morgan fingerprint density at radius 2 is 2.05 bits per heavy atom. The fourth-order valence-corrected chi connectivity index (χ4v) is 2.82. The molecule has 2 aromatic heterocycles. The fraction of sp³-hybridized carbons (Fsp3) is 0. The van der Waals surface area contributed by atoms with E-state index in [-0.39, 0.29) is 15.5 Å². The summed E-state index contributed by atoms with van der Waals surface area (Å²) in [7, 11) is 0. The highest BCUT2D eigenvalue weighted by molar-refractivity contribution is 9.10. The molecule has 3 nitrogen and oxygen atoms in total. The summed E-state index contributed by atoms with van der Waals surface area (Å²) in [6, 6.07) is 3.53. The number of H-pyrrole nitrogens is 1. The minimum absolute atomic E-state index is 0.0286. The molecule has 0 atom stereocenters. The van der Waals surface area contributed by atoms with Crippen LogP contribution >= 0.6 is 39.7 Å². The van der Waals surface area contributed by atoms with E-state index in [9.17, 15) is 8.78 Å². The Morgan fingerprint density at radius 1 is 1.30 bits per heavy atom. The number of fused-ring (bicyclic) bond motifs is 1. The Labute approximate surface area is 130 Å². The summed E-state index contributed by atoms with van der Waals surface area (Å²) in [6.07, 6.45) is 1.55. The predicted octanol–water partition coefficient (Wildman–Crippen LogP) is 4.78. The zero-order chi connectivity index (χ0) is 14.4. The maximum Gasteiger partial charge on any atom is 0.184 e. The van der Waals surface area contributed by atoms with Crippen molar-refractivity contribution in [1.29, 1.82) is 0 Å². The molecule has 0 aliphatic carbocycles. The van der Waals surface area contributed by atoms with Crippen molar-refractivity contribution in [3.63, 3.8) is 0 Å². The molecule has 3 aromatic rings. The lowest BCUT2D eigenvalue weighted by Crippen LogP contribution is -2.01. The molecule has 20 heavy (non-hydrogen) atoms. The Morgan fingerprint density at radius 3 is 2.75 bits per heavy atom. The number of rotatable bonds is 1. The van der Waals surface area contributed by atoms with E-state index in [4.69, 9.17) is 23.8 Å². The molecule has 0 fully saturated rings. The third-order valence-corrected chi connectivity index (χ3v) is 3.70. The minimum Gasteiger partial charge on any atom is -0.329 e. The molecule has 0 radical (unpaired) electrons. The molecule has 8 heteroatoms. The van der Waals surface area contributed by atoms with Crippen molar-refractivity contribution in [2.45, 2.75) is 0 Å². The van der Waals surface area contributed by atoms with Gasteiger partial charge in [-0.3, -0.25) is 4.57 Å². The highest BCUT2D eigenvalue weighted by Gasteiger charge is 2.16. The molecular formula is C12H5BrClF2N3S. The number of pyridine rings is 1. The normalized spacial score (nSPS) is 11.2. The van der Waals surface area contributed by atoms with Gasteiger partial charge in [-0.15, -0.1) is 0 Å².